The highest BCUT2D eigenvalue weighted by Gasteiger charge is 2.53. The smallest absolute Gasteiger partial charge is 0.225 e. The Balaban J connectivity index is 1.59. The molecule has 1 aliphatic carbocycles. The molecule has 0 N–H and O–H groups in total. The van der Waals surface area contributed by atoms with Crippen LogP contribution in [0.1, 0.15) is 71.6 Å². The Bertz CT molecular complexity index is 394. The fraction of sp³-hybridized carbons (Fsp3) is 0.947. The number of likely N-dealkylation sites (tertiary alicyclic amines) is 2. The minimum Gasteiger partial charge on any atom is -0.334 e. The predicted molar refractivity (Wildman–Crippen MR) is 90.7 cm³/mol. The summed E-state index contributed by atoms with van der Waals surface area (Å²) in [4.78, 5) is 17.6. The van der Waals surface area contributed by atoms with E-state index in [4.69, 9.17) is 0 Å². The molecule has 3 rings (SSSR count). The highest BCUT2D eigenvalue weighted by molar-refractivity contribution is 5.80. The standard InChI is InChI=1S/C19H34N2O/c1-15(2)18(22)21-17(5-4-10-19(21)11-12-19)7-6-16-8-13-20(3)14-9-16/h15-17H,4-14H2,1-3H3. The monoisotopic (exact) mass is 306 g/mol. The van der Waals surface area contributed by atoms with Crippen LogP contribution in [-0.4, -0.2) is 47.4 Å². The van der Waals surface area contributed by atoms with E-state index in [2.05, 4.69) is 30.7 Å². The number of hydrogen-bond acceptors (Lipinski definition) is 2. The molecule has 1 saturated carbocycles. The predicted octanol–water partition coefficient (Wildman–Crippen LogP) is 3.68. The Morgan fingerprint density at radius 1 is 1.09 bits per heavy atom. The van der Waals surface area contributed by atoms with Crippen molar-refractivity contribution in [1.82, 2.24) is 9.80 Å². The average Bonchev–Trinajstić information content (AvgIpc) is 3.26. The quantitative estimate of drug-likeness (QED) is 0.791. The van der Waals surface area contributed by atoms with Gasteiger partial charge in [-0.25, -0.2) is 0 Å². The molecule has 126 valence electrons. The molecule has 3 heteroatoms. The van der Waals surface area contributed by atoms with Gasteiger partial charge in [0.1, 0.15) is 0 Å². The first kappa shape index (κ1) is 16.3. The maximum absolute atomic E-state index is 12.8. The molecule has 22 heavy (non-hydrogen) atoms. The van der Waals surface area contributed by atoms with Gasteiger partial charge < -0.3 is 9.80 Å². The van der Waals surface area contributed by atoms with Gasteiger partial charge in [-0.3, -0.25) is 4.79 Å². The third-order valence-electron chi connectivity index (χ3n) is 6.36. The lowest BCUT2D eigenvalue weighted by Gasteiger charge is -2.44. The van der Waals surface area contributed by atoms with Crippen molar-refractivity contribution in [2.75, 3.05) is 20.1 Å². The lowest BCUT2D eigenvalue weighted by atomic mass is 9.85. The van der Waals surface area contributed by atoms with E-state index in [0.717, 1.165) is 5.92 Å². The lowest BCUT2D eigenvalue weighted by Crippen LogP contribution is -2.53. The molecule has 1 amide bonds. The Hall–Kier alpha value is -0.570. The molecule has 2 aliphatic heterocycles. The second-order valence-electron chi connectivity index (χ2n) is 8.46. The van der Waals surface area contributed by atoms with E-state index in [1.54, 1.807) is 0 Å². The zero-order valence-corrected chi connectivity index (χ0v) is 14.8. The fourth-order valence-corrected chi connectivity index (χ4v) is 4.68. The molecule has 0 aromatic carbocycles. The highest BCUT2D eigenvalue weighted by Crippen LogP contribution is 2.51. The molecule has 3 fully saturated rings. The van der Waals surface area contributed by atoms with Gasteiger partial charge in [0.15, 0.2) is 0 Å². The van der Waals surface area contributed by atoms with Crippen LogP contribution < -0.4 is 0 Å². The molecule has 0 aromatic heterocycles. The molecular weight excluding hydrogens is 272 g/mol. The van der Waals surface area contributed by atoms with Crippen molar-refractivity contribution in [2.45, 2.75) is 83.2 Å². The maximum Gasteiger partial charge on any atom is 0.225 e. The fourth-order valence-electron chi connectivity index (χ4n) is 4.68. The van der Waals surface area contributed by atoms with E-state index in [0.29, 0.717) is 11.9 Å². The van der Waals surface area contributed by atoms with Gasteiger partial charge in [0.2, 0.25) is 5.91 Å². The van der Waals surface area contributed by atoms with Gasteiger partial charge in [-0.15, -0.1) is 0 Å². The van der Waals surface area contributed by atoms with E-state index < -0.39 is 0 Å². The van der Waals surface area contributed by atoms with Gasteiger partial charge >= 0.3 is 0 Å². The third-order valence-corrected chi connectivity index (χ3v) is 6.36. The average molecular weight is 306 g/mol. The van der Waals surface area contributed by atoms with Crippen LogP contribution in [0.2, 0.25) is 0 Å². The molecule has 1 unspecified atom stereocenters. The topological polar surface area (TPSA) is 23.6 Å². The molecule has 2 heterocycles. The minimum absolute atomic E-state index is 0.154. The van der Waals surface area contributed by atoms with Crippen molar-refractivity contribution >= 4 is 5.91 Å². The van der Waals surface area contributed by atoms with Gasteiger partial charge in [-0.1, -0.05) is 13.8 Å². The van der Waals surface area contributed by atoms with E-state index >= 15 is 0 Å². The Morgan fingerprint density at radius 2 is 1.77 bits per heavy atom. The number of carbonyl (C=O) groups excluding carboxylic acids is 1. The van der Waals surface area contributed by atoms with Crippen LogP contribution in [0.3, 0.4) is 0 Å². The molecule has 0 aromatic rings. The maximum atomic E-state index is 12.8. The van der Waals surface area contributed by atoms with Crippen molar-refractivity contribution < 1.29 is 4.79 Å². The van der Waals surface area contributed by atoms with E-state index in [-0.39, 0.29) is 11.5 Å². The van der Waals surface area contributed by atoms with Crippen molar-refractivity contribution in [2.24, 2.45) is 11.8 Å². The molecule has 0 radical (unpaired) electrons. The Morgan fingerprint density at radius 3 is 2.36 bits per heavy atom. The van der Waals surface area contributed by atoms with Crippen molar-refractivity contribution in [3.05, 3.63) is 0 Å². The molecule has 1 atom stereocenters. The van der Waals surface area contributed by atoms with Gasteiger partial charge in [-0.05, 0) is 83.8 Å². The van der Waals surface area contributed by atoms with Crippen LogP contribution in [0.15, 0.2) is 0 Å². The molecule has 2 saturated heterocycles. The minimum atomic E-state index is 0.154. The van der Waals surface area contributed by atoms with Crippen LogP contribution in [0.25, 0.3) is 0 Å². The second-order valence-corrected chi connectivity index (χ2v) is 8.46. The summed E-state index contributed by atoms with van der Waals surface area (Å²) in [6.45, 7) is 6.66. The second kappa shape index (κ2) is 6.51. The van der Waals surface area contributed by atoms with Crippen molar-refractivity contribution in [3.8, 4) is 0 Å². The highest BCUT2D eigenvalue weighted by atomic mass is 16.2. The lowest BCUT2D eigenvalue weighted by molar-refractivity contribution is -0.143. The summed E-state index contributed by atoms with van der Waals surface area (Å²) in [6.07, 6.45) is 11.6. The first-order valence-corrected chi connectivity index (χ1v) is 9.53. The van der Waals surface area contributed by atoms with Gasteiger partial charge in [0, 0.05) is 17.5 Å². The molecule has 3 aliphatic rings. The van der Waals surface area contributed by atoms with E-state index in [1.807, 2.05) is 0 Å². The molecule has 1 spiro atoms. The Kier molecular flexibility index (Phi) is 4.82. The van der Waals surface area contributed by atoms with Gasteiger partial charge in [0.05, 0.1) is 0 Å². The summed E-state index contributed by atoms with van der Waals surface area (Å²) in [5.74, 6) is 1.47. The molecular formula is C19H34N2O. The Labute approximate surface area is 136 Å². The third kappa shape index (κ3) is 3.34. The number of carbonyl (C=O) groups is 1. The first-order chi connectivity index (χ1) is 10.5. The SMILES string of the molecule is CC(C)C(=O)N1C(CCC2CCN(C)CC2)CCCC12CC2. The first-order valence-electron chi connectivity index (χ1n) is 9.53. The number of hydrogen-bond donors (Lipinski definition) is 0. The number of amides is 1. The molecule has 0 bridgehead atoms. The van der Waals surface area contributed by atoms with E-state index in [1.165, 1.54) is 70.9 Å². The molecule has 3 nitrogen and oxygen atoms in total. The van der Waals surface area contributed by atoms with Gasteiger partial charge in [0.25, 0.3) is 0 Å². The summed E-state index contributed by atoms with van der Waals surface area (Å²) >= 11 is 0. The number of nitrogens with zero attached hydrogens (tertiary/aromatic N) is 2. The summed E-state index contributed by atoms with van der Waals surface area (Å²) in [5.41, 5.74) is 0.289. The largest absolute Gasteiger partial charge is 0.334 e. The van der Waals surface area contributed by atoms with Crippen LogP contribution >= 0.6 is 0 Å². The number of piperidine rings is 2. The van der Waals surface area contributed by atoms with Crippen LogP contribution in [-0.2, 0) is 4.79 Å². The van der Waals surface area contributed by atoms with Crippen molar-refractivity contribution in [3.63, 3.8) is 0 Å². The van der Waals surface area contributed by atoms with Crippen LogP contribution in [0.4, 0.5) is 0 Å². The van der Waals surface area contributed by atoms with E-state index in [9.17, 15) is 4.79 Å². The zero-order chi connectivity index (χ0) is 15.7. The summed E-state index contributed by atoms with van der Waals surface area (Å²) in [5, 5.41) is 0. The number of rotatable bonds is 4. The van der Waals surface area contributed by atoms with Crippen molar-refractivity contribution in [1.29, 1.82) is 0 Å². The summed E-state index contributed by atoms with van der Waals surface area (Å²) in [7, 11) is 2.23. The summed E-state index contributed by atoms with van der Waals surface area (Å²) in [6, 6.07) is 0.533. The zero-order valence-electron chi connectivity index (χ0n) is 14.8. The van der Waals surface area contributed by atoms with Crippen LogP contribution in [0.5, 0.6) is 0 Å². The summed E-state index contributed by atoms with van der Waals surface area (Å²) < 4.78 is 0. The van der Waals surface area contributed by atoms with Gasteiger partial charge in [-0.2, -0.15) is 0 Å². The normalized spacial score (nSPS) is 29.3. The van der Waals surface area contributed by atoms with Crippen LogP contribution in [0, 0.1) is 11.8 Å².